The van der Waals surface area contributed by atoms with Gasteiger partial charge in [-0.1, -0.05) is 6.08 Å². The van der Waals surface area contributed by atoms with E-state index in [2.05, 4.69) is 51.6 Å². The molecule has 7 heteroatoms. The third kappa shape index (κ3) is 6.60. The highest BCUT2D eigenvalue weighted by molar-refractivity contribution is 14.0. The van der Waals surface area contributed by atoms with Crippen LogP contribution in [0.5, 0.6) is 0 Å². The number of rotatable bonds is 7. The molecule has 0 aliphatic rings. The third-order valence-corrected chi connectivity index (χ3v) is 4.86. The summed E-state index contributed by atoms with van der Waals surface area (Å²) in [6.07, 6.45) is 2.77. The number of aryl methyl sites for hydroxylation is 1. The molecule has 0 aromatic carbocycles. The molecule has 0 bridgehead atoms. The van der Waals surface area contributed by atoms with Crippen LogP contribution >= 0.6 is 46.7 Å². The standard InChI is InChI=1S/C16H22N4S2.HI/c1-4-9-18-16(17-5-2)19-10-8-13-6-7-15(22-13)14-11-21-12(3)20-14;/h4,6-7,11H,1,5,8-10H2,2-3H3,(H2,17,18,19);1H. The normalized spacial score (nSPS) is 11.0. The Bertz CT molecular complexity index is 634. The van der Waals surface area contributed by atoms with Gasteiger partial charge >= 0.3 is 0 Å². The summed E-state index contributed by atoms with van der Waals surface area (Å²) in [5, 5.41) is 9.66. The predicted molar refractivity (Wildman–Crippen MR) is 113 cm³/mol. The van der Waals surface area contributed by atoms with Gasteiger partial charge in [0, 0.05) is 36.3 Å². The molecule has 4 nitrogen and oxygen atoms in total. The first kappa shape index (κ1) is 20.1. The van der Waals surface area contributed by atoms with Crippen molar-refractivity contribution >= 4 is 52.6 Å². The van der Waals surface area contributed by atoms with E-state index in [-0.39, 0.29) is 24.0 Å². The van der Waals surface area contributed by atoms with Crippen LogP contribution in [0, 0.1) is 6.92 Å². The van der Waals surface area contributed by atoms with Crippen molar-refractivity contribution in [3.05, 3.63) is 40.1 Å². The molecule has 2 heterocycles. The fourth-order valence-corrected chi connectivity index (χ4v) is 3.56. The van der Waals surface area contributed by atoms with Gasteiger partial charge in [0.25, 0.3) is 0 Å². The second-order valence-electron chi connectivity index (χ2n) is 4.70. The van der Waals surface area contributed by atoms with Gasteiger partial charge in [0.2, 0.25) is 0 Å². The number of thiophene rings is 1. The molecular weight excluding hydrogens is 439 g/mol. The van der Waals surface area contributed by atoms with Crippen molar-refractivity contribution in [3.8, 4) is 10.6 Å². The van der Waals surface area contributed by atoms with Crippen molar-refractivity contribution in [2.24, 2.45) is 4.99 Å². The first-order valence-electron chi connectivity index (χ1n) is 7.37. The highest BCUT2D eigenvalue weighted by Gasteiger charge is 2.06. The van der Waals surface area contributed by atoms with Crippen LogP contribution < -0.4 is 10.6 Å². The Balaban J connectivity index is 0.00000264. The second kappa shape index (κ2) is 10.8. The Hall–Kier alpha value is -0.930. The van der Waals surface area contributed by atoms with Gasteiger partial charge in [-0.25, -0.2) is 4.98 Å². The molecule has 0 radical (unpaired) electrons. The van der Waals surface area contributed by atoms with Crippen molar-refractivity contribution in [1.29, 1.82) is 0 Å². The van der Waals surface area contributed by atoms with Crippen LogP contribution in [-0.2, 0) is 6.42 Å². The van der Waals surface area contributed by atoms with Gasteiger partial charge in [-0.2, -0.15) is 0 Å². The van der Waals surface area contributed by atoms with Gasteiger partial charge in [0.1, 0.15) is 0 Å². The van der Waals surface area contributed by atoms with Crippen molar-refractivity contribution in [2.75, 3.05) is 19.6 Å². The smallest absolute Gasteiger partial charge is 0.191 e. The highest BCUT2D eigenvalue weighted by Crippen LogP contribution is 2.29. The van der Waals surface area contributed by atoms with Crippen LogP contribution in [-0.4, -0.2) is 30.6 Å². The summed E-state index contributed by atoms with van der Waals surface area (Å²) in [4.78, 5) is 11.7. The summed E-state index contributed by atoms with van der Waals surface area (Å²) in [6.45, 7) is 10.1. The summed E-state index contributed by atoms with van der Waals surface area (Å²) in [5.74, 6) is 0.842. The molecular formula is C16H23IN4S2. The number of thiazole rings is 1. The van der Waals surface area contributed by atoms with Gasteiger partial charge in [0.05, 0.1) is 15.6 Å². The summed E-state index contributed by atoms with van der Waals surface area (Å²) in [7, 11) is 0. The monoisotopic (exact) mass is 462 g/mol. The number of aliphatic imine (C=N–C) groups is 1. The van der Waals surface area contributed by atoms with E-state index in [4.69, 9.17) is 0 Å². The lowest BCUT2D eigenvalue weighted by atomic mass is 10.3. The molecule has 2 rings (SSSR count). The van der Waals surface area contributed by atoms with Gasteiger partial charge in [0.15, 0.2) is 5.96 Å². The molecule has 2 aromatic heterocycles. The van der Waals surface area contributed by atoms with Crippen molar-refractivity contribution in [3.63, 3.8) is 0 Å². The molecule has 0 spiro atoms. The molecule has 0 aliphatic carbocycles. The Morgan fingerprint density at radius 2 is 2.22 bits per heavy atom. The highest BCUT2D eigenvalue weighted by atomic mass is 127. The van der Waals surface area contributed by atoms with Crippen LogP contribution in [0.4, 0.5) is 0 Å². The molecule has 0 aliphatic heterocycles. The number of halogens is 1. The number of nitrogens with zero attached hydrogens (tertiary/aromatic N) is 2. The zero-order valence-electron chi connectivity index (χ0n) is 13.5. The molecule has 126 valence electrons. The Morgan fingerprint density at radius 1 is 1.39 bits per heavy atom. The largest absolute Gasteiger partial charge is 0.357 e. The maximum absolute atomic E-state index is 4.57. The number of aromatic nitrogens is 1. The van der Waals surface area contributed by atoms with Crippen molar-refractivity contribution in [2.45, 2.75) is 20.3 Å². The van der Waals surface area contributed by atoms with Crippen LogP contribution in [0.25, 0.3) is 10.6 Å². The quantitative estimate of drug-likeness (QED) is 0.282. The van der Waals surface area contributed by atoms with Gasteiger partial charge in [-0.05, 0) is 26.0 Å². The van der Waals surface area contributed by atoms with Crippen LogP contribution in [0.1, 0.15) is 16.8 Å². The first-order valence-corrected chi connectivity index (χ1v) is 9.06. The van der Waals surface area contributed by atoms with Crippen molar-refractivity contribution < 1.29 is 0 Å². The van der Waals surface area contributed by atoms with E-state index in [0.717, 1.165) is 42.7 Å². The average Bonchev–Trinajstić information content (AvgIpc) is 3.13. The first-order chi connectivity index (χ1) is 10.7. The summed E-state index contributed by atoms with van der Waals surface area (Å²) in [5.41, 5.74) is 1.09. The SMILES string of the molecule is C=CCNC(=NCCc1ccc(-c2csc(C)n2)s1)NCC.I. The van der Waals surface area contributed by atoms with Crippen molar-refractivity contribution in [1.82, 2.24) is 15.6 Å². The van der Waals surface area contributed by atoms with E-state index in [0.29, 0.717) is 0 Å². The van der Waals surface area contributed by atoms with E-state index in [1.54, 1.807) is 22.7 Å². The molecule has 0 atom stereocenters. The number of hydrogen-bond donors (Lipinski definition) is 2. The lowest BCUT2D eigenvalue weighted by Crippen LogP contribution is -2.37. The minimum absolute atomic E-state index is 0. The average molecular weight is 462 g/mol. The minimum atomic E-state index is 0. The zero-order valence-corrected chi connectivity index (χ0v) is 17.4. The number of hydrogen-bond acceptors (Lipinski definition) is 4. The lowest BCUT2D eigenvalue weighted by Gasteiger charge is -2.08. The topological polar surface area (TPSA) is 49.3 Å². The summed E-state index contributed by atoms with van der Waals surface area (Å²) in [6, 6.07) is 4.33. The van der Waals surface area contributed by atoms with E-state index < -0.39 is 0 Å². The van der Waals surface area contributed by atoms with Gasteiger partial charge < -0.3 is 10.6 Å². The molecule has 0 fully saturated rings. The molecule has 0 saturated carbocycles. The zero-order chi connectivity index (χ0) is 15.8. The molecule has 0 unspecified atom stereocenters. The lowest BCUT2D eigenvalue weighted by molar-refractivity contribution is 0.854. The molecule has 0 amide bonds. The molecule has 2 N–H and O–H groups in total. The van der Waals surface area contributed by atoms with E-state index in [9.17, 15) is 0 Å². The Labute approximate surface area is 163 Å². The third-order valence-electron chi connectivity index (χ3n) is 2.92. The second-order valence-corrected chi connectivity index (χ2v) is 6.93. The van der Waals surface area contributed by atoms with Gasteiger partial charge in [-0.15, -0.1) is 53.2 Å². The fourth-order valence-electron chi connectivity index (χ4n) is 1.92. The Kier molecular flexibility index (Phi) is 9.42. The van der Waals surface area contributed by atoms with E-state index in [1.807, 2.05) is 13.0 Å². The Morgan fingerprint density at radius 3 is 2.87 bits per heavy atom. The summed E-state index contributed by atoms with van der Waals surface area (Å²) >= 11 is 3.49. The maximum atomic E-state index is 4.57. The number of guanidine groups is 1. The van der Waals surface area contributed by atoms with E-state index in [1.165, 1.54) is 9.75 Å². The molecule has 0 saturated heterocycles. The number of nitrogens with one attached hydrogen (secondary N) is 2. The molecule has 23 heavy (non-hydrogen) atoms. The fraction of sp³-hybridized carbons (Fsp3) is 0.375. The summed E-state index contributed by atoms with van der Waals surface area (Å²) < 4.78 is 0. The van der Waals surface area contributed by atoms with E-state index >= 15 is 0 Å². The van der Waals surface area contributed by atoms with Crippen LogP contribution in [0.3, 0.4) is 0 Å². The van der Waals surface area contributed by atoms with Crippen LogP contribution in [0.2, 0.25) is 0 Å². The predicted octanol–water partition coefficient (Wildman–Crippen LogP) is 4.08. The maximum Gasteiger partial charge on any atom is 0.191 e. The van der Waals surface area contributed by atoms with Gasteiger partial charge in [-0.3, -0.25) is 4.99 Å². The minimum Gasteiger partial charge on any atom is -0.357 e. The molecule has 2 aromatic rings. The van der Waals surface area contributed by atoms with Crippen LogP contribution in [0.15, 0.2) is 35.2 Å².